The van der Waals surface area contributed by atoms with Crippen molar-refractivity contribution in [3.63, 3.8) is 0 Å². The van der Waals surface area contributed by atoms with Gasteiger partial charge in [-0.1, -0.05) is 30.3 Å². The van der Waals surface area contributed by atoms with Gasteiger partial charge in [0.25, 0.3) is 0 Å². The van der Waals surface area contributed by atoms with Gasteiger partial charge in [0.15, 0.2) is 0 Å². The maximum Gasteiger partial charge on any atom is 0.232 e. The van der Waals surface area contributed by atoms with Gasteiger partial charge < -0.3 is 9.64 Å². The number of nitrogens with zero attached hydrogens (tertiary/aromatic N) is 2. The maximum absolute atomic E-state index is 13.6. The minimum Gasteiger partial charge on any atom is -0.496 e. The van der Waals surface area contributed by atoms with Crippen LogP contribution < -0.4 is 4.74 Å². The summed E-state index contributed by atoms with van der Waals surface area (Å²) >= 11 is 0. The van der Waals surface area contributed by atoms with Gasteiger partial charge in [0.1, 0.15) is 11.6 Å². The highest BCUT2D eigenvalue weighted by Crippen LogP contribution is 2.27. The van der Waals surface area contributed by atoms with Crippen LogP contribution in [0.2, 0.25) is 0 Å². The van der Waals surface area contributed by atoms with Crippen molar-refractivity contribution in [3.05, 3.63) is 65.5 Å². The second-order valence-corrected chi connectivity index (χ2v) is 7.52. The second kappa shape index (κ2) is 8.09. The fourth-order valence-corrected chi connectivity index (χ4v) is 3.59. The van der Waals surface area contributed by atoms with Gasteiger partial charge in [-0.15, -0.1) is 0 Å². The summed E-state index contributed by atoms with van der Waals surface area (Å²) in [6.07, 6.45) is 0. The number of hydrogen-bond donors (Lipinski definition) is 0. The second-order valence-electron chi connectivity index (χ2n) is 7.52. The predicted octanol–water partition coefficient (Wildman–Crippen LogP) is 3.46. The highest BCUT2D eigenvalue weighted by atomic mass is 19.1. The lowest BCUT2D eigenvalue weighted by molar-refractivity contribution is -0.138. The Morgan fingerprint density at radius 1 is 1.07 bits per heavy atom. The van der Waals surface area contributed by atoms with Crippen LogP contribution in [0.4, 0.5) is 4.39 Å². The Bertz CT molecular complexity index is 784. The molecule has 0 spiro atoms. The molecular weight excluding hydrogens is 343 g/mol. The first-order valence-electron chi connectivity index (χ1n) is 9.31. The number of rotatable bonds is 5. The summed E-state index contributed by atoms with van der Waals surface area (Å²) < 4.78 is 18.9. The van der Waals surface area contributed by atoms with E-state index in [-0.39, 0.29) is 11.7 Å². The molecule has 0 aromatic heterocycles. The summed E-state index contributed by atoms with van der Waals surface area (Å²) in [6, 6.07) is 14.5. The third-order valence-electron chi connectivity index (χ3n) is 5.33. The SMILES string of the molecule is COc1ccc(F)cc1CN1CCN(C(=O)C(C)(C)c2ccccc2)CC1. The van der Waals surface area contributed by atoms with E-state index >= 15 is 0 Å². The Kier molecular flexibility index (Phi) is 5.80. The predicted molar refractivity (Wildman–Crippen MR) is 104 cm³/mol. The van der Waals surface area contributed by atoms with E-state index in [0.717, 1.165) is 24.2 Å². The number of ether oxygens (including phenoxy) is 1. The lowest BCUT2D eigenvalue weighted by Gasteiger charge is -2.39. The minimum absolute atomic E-state index is 0.150. The van der Waals surface area contributed by atoms with Gasteiger partial charge >= 0.3 is 0 Å². The molecule has 0 radical (unpaired) electrons. The summed E-state index contributed by atoms with van der Waals surface area (Å²) in [7, 11) is 1.60. The van der Waals surface area contributed by atoms with E-state index in [2.05, 4.69) is 4.90 Å². The number of benzene rings is 2. The highest BCUT2D eigenvalue weighted by molar-refractivity contribution is 5.87. The van der Waals surface area contributed by atoms with Crippen LogP contribution in [-0.2, 0) is 16.8 Å². The molecule has 1 aliphatic rings. The zero-order valence-corrected chi connectivity index (χ0v) is 16.2. The minimum atomic E-state index is -0.546. The third-order valence-corrected chi connectivity index (χ3v) is 5.33. The zero-order valence-electron chi connectivity index (χ0n) is 16.2. The summed E-state index contributed by atoms with van der Waals surface area (Å²) in [5.41, 5.74) is 1.32. The van der Waals surface area contributed by atoms with Crippen molar-refractivity contribution in [1.29, 1.82) is 0 Å². The molecule has 1 aliphatic heterocycles. The van der Waals surface area contributed by atoms with E-state index in [0.29, 0.717) is 25.4 Å². The van der Waals surface area contributed by atoms with Gasteiger partial charge in [-0.2, -0.15) is 0 Å². The molecule has 1 fully saturated rings. The highest BCUT2D eigenvalue weighted by Gasteiger charge is 2.35. The average molecular weight is 370 g/mol. The van der Waals surface area contributed by atoms with Gasteiger partial charge in [0.05, 0.1) is 12.5 Å². The van der Waals surface area contributed by atoms with Gasteiger partial charge in [0, 0.05) is 38.3 Å². The van der Waals surface area contributed by atoms with Gasteiger partial charge in [0.2, 0.25) is 5.91 Å². The smallest absolute Gasteiger partial charge is 0.232 e. The average Bonchev–Trinajstić information content (AvgIpc) is 2.69. The van der Waals surface area contributed by atoms with E-state index in [1.54, 1.807) is 13.2 Å². The normalized spacial score (nSPS) is 15.6. The third kappa shape index (κ3) is 4.30. The van der Waals surface area contributed by atoms with Crippen molar-refractivity contribution >= 4 is 5.91 Å². The number of methoxy groups -OCH3 is 1. The van der Waals surface area contributed by atoms with Crippen LogP contribution in [0.1, 0.15) is 25.0 Å². The van der Waals surface area contributed by atoms with E-state index in [9.17, 15) is 9.18 Å². The first kappa shape index (κ1) is 19.4. The lowest BCUT2D eigenvalue weighted by atomic mass is 9.83. The monoisotopic (exact) mass is 370 g/mol. The fraction of sp³-hybridized carbons (Fsp3) is 0.409. The molecule has 2 aromatic carbocycles. The molecule has 0 saturated carbocycles. The maximum atomic E-state index is 13.6. The van der Waals surface area contributed by atoms with Crippen molar-refractivity contribution in [2.45, 2.75) is 25.8 Å². The Hall–Kier alpha value is -2.40. The van der Waals surface area contributed by atoms with E-state index in [1.807, 2.05) is 49.1 Å². The number of carbonyl (C=O) groups excluding carboxylic acids is 1. The molecule has 1 heterocycles. The molecule has 2 aromatic rings. The molecule has 5 heteroatoms. The van der Waals surface area contributed by atoms with E-state index in [1.165, 1.54) is 12.1 Å². The number of halogens is 1. The molecule has 27 heavy (non-hydrogen) atoms. The number of hydrogen-bond acceptors (Lipinski definition) is 3. The molecule has 0 N–H and O–H groups in total. The number of carbonyl (C=O) groups is 1. The fourth-order valence-electron chi connectivity index (χ4n) is 3.59. The van der Waals surface area contributed by atoms with Crippen molar-refractivity contribution in [2.24, 2.45) is 0 Å². The Balaban J connectivity index is 1.62. The van der Waals surface area contributed by atoms with Crippen LogP contribution >= 0.6 is 0 Å². The largest absolute Gasteiger partial charge is 0.496 e. The van der Waals surface area contributed by atoms with Gasteiger partial charge in [-0.3, -0.25) is 9.69 Å². The van der Waals surface area contributed by atoms with Gasteiger partial charge in [-0.25, -0.2) is 4.39 Å². The number of amides is 1. The summed E-state index contributed by atoms with van der Waals surface area (Å²) in [5.74, 6) is 0.584. The van der Waals surface area contributed by atoms with E-state index in [4.69, 9.17) is 4.74 Å². The quantitative estimate of drug-likeness (QED) is 0.808. The van der Waals surface area contributed by atoms with Crippen LogP contribution in [0.25, 0.3) is 0 Å². The molecule has 0 bridgehead atoms. The molecule has 0 atom stereocenters. The molecule has 1 amide bonds. The summed E-state index contributed by atoms with van der Waals surface area (Å²) in [6.45, 7) is 7.44. The van der Waals surface area contributed by atoms with Crippen LogP contribution in [0.5, 0.6) is 5.75 Å². The summed E-state index contributed by atoms with van der Waals surface area (Å²) in [4.78, 5) is 17.2. The van der Waals surface area contributed by atoms with Crippen LogP contribution in [-0.4, -0.2) is 49.0 Å². The Morgan fingerprint density at radius 3 is 2.37 bits per heavy atom. The molecule has 144 valence electrons. The molecular formula is C22H27FN2O2. The van der Waals surface area contributed by atoms with Crippen molar-refractivity contribution in [2.75, 3.05) is 33.3 Å². The van der Waals surface area contributed by atoms with Crippen LogP contribution in [0.15, 0.2) is 48.5 Å². The van der Waals surface area contributed by atoms with Crippen molar-refractivity contribution in [3.8, 4) is 5.75 Å². The Morgan fingerprint density at radius 2 is 1.74 bits per heavy atom. The van der Waals surface area contributed by atoms with Crippen LogP contribution in [0.3, 0.4) is 0 Å². The van der Waals surface area contributed by atoms with Crippen molar-refractivity contribution < 1.29 is 13.9 Å². The Labute approximate surface area is 160 Å². The van der Waals surface area contributed by atoms with Gasteiger partial charge in [-0.05, 0) is 37.6 Å². The molecule has 4 nitrogen and oxygen atoms in total. The zero-order chi connectivity index (χ0) is 19.4. The van der Waals surface area contributed by atoms with Crippen molar-refractivity contribution in [1.82, 2.24) is 9.80 Å². The molecule has 0 unspecified atom stereocenters. The molecule has 3 rings (SSSR count). The lowest BCUT2D eigenvalue weighted by Crippen LogP contribution is -2.52. The molecule has 0 aliphatic carbocycles. The summed E-state index contributed by atoms with van der Waals surface area (Å²) in [5, 5.41) is 0. The first-order chi connectivity index (χ1) is 12.9. The van der Waals surface area contributed by atoms with Crippen LogP contribution in [0, 0.1) is 5.82 Å². The first-order valence-corrected chi connectivity index (χ1v) is 9.31. The molecule has 1 saturated heterocycles. The number of piperazine rings is 1. The topological polar surface area (TPSA) is 32.8 Å². The standard InChI is InChI=1S/C22H27FN2O2/c1-22(2,18-7-5-4-6-8-18)21(26)25-13-11-24(12-14-25)16-17-15-19(23)9-10-20(17)27-3/h4-10,15H,11-14,16H2,1-3H3. The van der Waals surface area contributed by atoms with E-state index < -0.39 is 5.41 Å².